The van der Waals surface area contributed by atoms with Gasteiger partial charge in [0.1, 0.15) is 5.01 Å². The van der Waals surface area contributed by atoms with Crippen LogP contribution < -0.4 is 4.72 Å². The van der Waals surface area contributed by atoms with Gasteiger partial charge in [-0.05, 0) is 13.0 Å². The highest BCUT2D eigenvalue weighted by molar-refractivity contribution is 7.89. The van der Waals surface area contributed by atoms with Crippen LogP contribution in [-0.2, 0) is 10.0 Å². The monoisotopic (exact) mass is 301 g/mol. The van der Waals surface area contributed by atoms with Gasteiger partial charge < -0.3 is 10.1 Å². The molecule has 0 radical (unpaired) electrons. The molecule has 1 unspecified atom stereocenters. The lowest BCUT2D eigenvalue weighted by Crippen LogP contribution is -2.26. The maximum Gasteiger partial charge on any atom is 0.355 e. The lowest BCUT2D eigenvalue weighted by Gasteiger charge is -2.10. The minimum Gasteiger partial charge on any atom is -0.476 e. The van der Waals surface area contributed by atoms with Crippen molar-refractivity contribution in [1.29, 1.82) is 0 Å². The first-order chi connectivity index (χ1) is 8.90. The number of carboxylic acid groups (broad SMARTS) is 1. The molecule has 0 fully saturated rings. The molecule has 7 nitrogen and oxygen atoms in total. The Balaban J connectivity index is 2.17. The fraction of sp³-hybridized carbons (Fsp3) is 0.200. The highest BCUT2D eigenvalue weighted by Crippen LogP contribution is 2.20. The molecule has 3 N–H and O–H groups in total. The standard InChI is InChI=1S/C10H11N3O4S2/c1-6(9-12-8(5-18-9)10(14)15)13-19(16,17)7-2-3-11-4-7/h2-6,11,13H,1H3,(H,14,15). The number of carboxylic acids is 1. The number of hydrogen-bond acceptors (Lipinski definition) is 5. The summed E-state index contributed by atoms with van der Waals surface area (Å²) in [7, 11) is -3.64. The van der Waals surface area contributed by atoms with E-state index in [9.17, 15) is 13.2 Å². The van der Waals surface area contributed by atoms with E-state index < -0.39 is 22.0 Å². The summed E-state index contributed by atoms with van der Waals surface area (Å²) in [5.41, 5.74) is -0.0901. The van der Waals surface area contributed by atoms with Crippen LogP contribution in [0.3, 0.4) is 0 Å². The number of sulfonamides is 1. The fourth-order valence-electron chi connectivity index (χ4n) is 1.41. The fourth-order valence-corrected chi connectivity index (χ4v) is 3.47. The molecular formula is C10H11N3O4S2. The third-order valence-corrected chi connectivity index (χ3v) is 4.89. The van der Waals surface area contributed by atoms with Crippen LogP contribution in [0.2, 0.25) is 0 Å². The van der Waals surface area contributed by atoms with Gasteiger partial charge in [-0.2, -0.15) is 0 Å². The molecule has 0 aliphatic heterocycles. The number of nitrogens with one attached hydrogen (secondary N) is 2. The van der Waals surface area contributed by atoms with E-state index in [0.29, 0.717) is 5.01 Å². The van der Waals surface area contributed by atoms with E-state index in [4.69, 9.17) is 5.11 Å². The second-order valence-corrected chi connectivity index (χ2v) is 6.37. The van der Waals surface area contributed by atoms with E-state index in [-0.39, 0.29) is 10.6 Å². The maximum atomic E-state index is 11.9. The molecule has 2 aromatic heterocycles. The summed E-state index contributed by atoms with van der Waals surface area (Å²) in [5, 5.41) is 10.5. The number of aromatic amines is 1. The summed E-state index contributed by atoms with van der Waals surface area (Å²) in [5.74, 6) is -1.14. The summed E-state index contributed by atoms with van der Waals surface area (Å²) < 4.78 is 26.3. The average molecular weight is 301 g/mol. The second kappa shape index (κ2) is 5.11. The molecule has 0 aliphatic rings. The van der Waals surface area contributed by atoms with Gasteiger partial charge in [-0.25, -0.2) is 22.9 Å². The van der Waals surface area contributed by atoms with Crippen molar-refractivity contribution in [3.8, 4) is 0 Å². The van der Waals surface area contributed by atoms with E-state index in [1.54, 1.807) is 6.92 Å². The molecule has 0 bridgehead atoms. The third-order valence-electron chi connectivity index (χ3n) is 2.32. The molecule has 0 spiro atoms. The van der Waals surface area contributed by atoms with E-state index >= 15 is 0 Å². The molecule has 0 saturated carbocycles. The number of aromatic nitrogens is 2. The van der Waals surface area contributed by atoms with E-state index in [1.165, 1.54) is 23.8 Å². The highest BCUT2D eigenvalue weighted by Gasteiger charge is 2.21. The molecule has 9 heteroatoms. The molecule has 1 atom stereocenters. The van der Waals surface area contributed by atoms with Crippen molar-refractivity contribution in [3.05, 3.63) is 34.5 Å². The Hall–Kier alpha value is -1.71. The van der Waals surface area contributed by atoms with Crippen LogP contribution in [0.15, 0.2) is 28.7 Å². The van der Waals surface area contributed by atoms with Gasteiger partial charge in [0.25, 0.3) is 0 Å². The normalized spacial score (nSPS) is 13.3. The zero-order valence-electron chi connectivity index (χ0n) is 9.82. The number of rotatable bonds is 5. The number of nitrogens with zero attached hydrogens (tertiary/aromatic N) is 1. The van der Waals surface area contributed by atoms with E-state index in [0.717, 1.165) is 11.3 Å². The van der Waals surface area contributed by atoms with Gasteiger partial charge >= 0.3 is 5.97 Å². The van der Waals surface area contributed by atoms with E-state index in [1.807, 2.05) is 0 Å². The minimum atomic E-state index is -3.64. The number of thiazole rings is 1. The van der Waals surface area contributed by atoms with Gasteiger partial charge in [-0.3, -0.25) is 0 Å². The first-order valence-corrected chi connectivity index (χ1v) is 7.60. The maximum absolute atomic E-state index is 11.9. The molecule has 0 aromatic carbocycles. The molecule has 2 rings (SSSR count). The van der Waals surface area contributed by atoms with Crippen LogP contribution in [0.25, 0.3) is 0 Å². The second-order valence-electron chi connectivity index (χ2n) is 3.77. The van der Waals surface area contributed by atoms with Crippen molar-refractivity contribution >= 4 is 27.3 Å². The predicted octanol–water partition coefficient (Wildman–Crippen LogP) is 1.21. The number of hydrogen-bond donors (Lipinski definition) is 3. The van der Waals surface area contributed by atoms with Crippen LogP contribution in [0.4, 0.5) is 0 Å². The van der Waals surface area contributed by atoms with Crippen LogP contribution in [0, 0.1) is 0 Å². The largest absolute Gasteiger partial charge is 0.476 e. The smallest absolute Gasteiger partial charge is 0.355 e. The molecule has 102 valence electrons. The Morgan fingerprint density at radius 3 is 2.84 bits per heavy atom. The zero-order chi connectivity index (χ0) is 14.0. The Morgan fingerprint density at radius 1 is 1.58 bits per heavy atom. The average Bonchev–Trinajstić information content (AvgIpc) is 3.00. The van der Waals surface area contributed by atoms with Crippen molar-refractivity contribution in [1.82, 2.24) is 14.7 Å². The summed E-state index contributed by atoms with van der Waals surface area (Å²) in [6, 6.07) is 0.831. The Bertz CT molecular complexity index is 675. The number of H-pyrrole nitrogens is 1. The zero-order valence-corrected chi connectivity index (χ0v) is 11.5. The van der Waals surface area contributed by atoms with Gasteiger partial charge in [0.2, 0.25) is 10.0 Å². The van der Waals surface area contributed by atoms with Crippen molar-refractivity contribution < 1.29 is 18.3 Å². The molecule has 2 heterocycles. The topological polar surface area (TPSA) is 112 Å². The van der Waals surface area contributed by atoms with Crippen molar-refractivity contribution in [2.75, 3.05) is 0 Å². The SMILES string of the molecule is CC(NS(=O)(=O)c1cc[nH]c1)c1nc(C(=O)O)cs1. The molecule has 19 heavy (non-hydrogen) atoms. The summed E-state index contributed by atoms with van der Waals surface area (Å²) in [6.45, 7) is 1.61. The highest BCUT2D eigenvalue weighted by atomic mass is 32.2. The van der Waals surface area contributed by atoms with Gasteiger partial charge in [-0.1, -0.05) is 0 Å². The Labute approximate surface area is 113 Å². The summed E-state index contributed by atoms with van der Waals surface area (Å²) >= 11 is 1.10. The third kappa shape index (κ3) is 3.00. The first-order valence-electron chi connectivity index (χ1n) is 5.24. The summed E-state index contributed by atoms with van der Waals surface area (Å²) in [6.07, 6.45) is 2.87. The first kappa shape index (κ1) is 13.7. The number of carbonyl (C=O) groups is 1. The molecule has 0 aliphatic carbocycles. The van der Waals surface area contributed by atoms with Crippen molar-refractivity contribution in [2.24, 2.45) is 0 Å². The lowest BCUT2D eigenvalue weighted by atomic mass is 10.4. The number of aromatic carboxylic acids is 1. The van der Waals surface area contributed by atoms with Crippen LogP contribution in [-0.4, -0.2) is 29.5 Å². The van der Waals surface area contributed by atoms with Gasteiger partial charge in [0.15, 0.2) is 5.69 Å². The van der Waals surface area contributed by atoms with Crippen molar-refractivity contribution in [3.63, 3.8) is 0 Å². The lowest BCUT2D eigenvalue weighted by molar-refractivity contribution is 0.0691. The Morgan fingerprint density at radius 2 is 2.32 bits per heavy atom. The van der Waals surface area contributed by atoms with Crippen molar-refractivity contribution in [2.45, 2.75) is 17.9 Å². The quantitative estimate of drug-likeness (QED) is 0.768. The van der Waals surface area contributed by atoms with Crippen LogP contribution in [0.1, 0.15) is 28.5 Å². The predicted molar refractivity (Wildman–Crippen MR) is 68.6 cm³/mol. The minimum absolute atomic E-state index is 0.0901. The molecule has 2 aromatic rings. The van der Waals surface area contributed by atoms with Gasteiger partial charge in [0, 0.05) is 17.8 Å². The van der Waals surface area contributed by atoms with E-state index in [2.05, 4.69) is 14.7 Å². The van der Waals surface area contributed by atoms with Gasteiger partial charge in [0.05, 0.1) is 10.9 Å². The molecule has 0 saturated heterocycles. The molecule has 0 amide bonds. The van der Waals surface area contributed by atoms with Gasteiger partial charge in [-0.15, -0.1) is 11.3 Å². The van der Waals surface area contributed by atoms with Crippen LogP contribution >= 0.6 is 11.3 Å². The van der Waals surface area contributed by atoms with Crippen LogP contribution in [0.5, 0.6) is 0 Å². The summed E-state index contributed by atoms with van der Waals surface area (Å²) in [4.78, 5) is 17.3. The Kier molecular flexibility index (Phi) is 3.69. The molecular weight excluding hydrogens is 290 g/mol.